The molecular formula is C19H30N6O3S. The first-order valence-corrected chi connectivity index (χ1v) is 11.6. The van der Waals surface area contributed by atoms with Crippen LogP contribution >= 0.6 is 0 Å². The van der Waals surface area contributed by atoms with Crippen LogP contribution in [0, 0.1) is 0 Å². The molecule has 2 heterocycles. The molecule has 160 valence electrons. The predicted octanol–water partition coefficient (Wildman–Crippen LogP) is 2.22. The monoisotopic (exact) mass is 422 g/mol. The lowest BCUT2D eigenvalue weighted by atomic mass is 10.1. The maximum Gasteiger partial charge on any atom is 0.317 e. The Balaban J connectivity index is 1.77. The Kier molecular flexibility index (Phi) is 6.42. The molecule has 0 saturated carbocycles. The molecule has 0 bridgehead atoms. The molecule has 0 radical (unpaired) electrons. The van der Waals surface area contributed by atoms with E-state index in [1.165, 1.54) is 4.31 Å². The summed E-state index contributed by atoms with van der Waals surface area (Å²) >= 11 is 0. The summed E-state index contributed by atoms with van der Waals surface area (Å²) in [5.74, 6) is 0. The lowest BCUT2D eigenvalue weighted by Crippen LogP contribution is -2.46. The molecule has 10 heteroatoms. The van der Waals surface area contributed by atoms with Crippen molar-refractivity contribution in [3.05, 3.63) is 18.2 Å². The van der Waals surface area contributed by atoms with Crippen LogP contribution in [0.5, 0.6) is 0 Å². The smallest absolute Gasteiger partial charge is 0.317 e. The molecule has 3 rings (SSSR count). The van der Waals surface area contributed by atoms with Gasteiger partial charge in [0.1, 0.15) is 5.52 Å². The van der Waals surface area contributed by atoms with E-state index in [1.54, 1.807) is 18.2 Å². The molecule has 1 aliphatic heterocycles. The summed E-state index contributed by atoms with van der Waals surface area (Å²) in [5, 5.41) is 11.4. The van der Waals surface area contributed by atoms with Crippen molar-refractivity contribution >= 4 is 27.1 Å². The zero-order valence-electron chi connectivity index (χ0n) is 17.5. The molecule has 1 N–H and O–H groups in total. The van der Waals surface area contributed by atoms with Gasteiger partial charge in [-0.2, -0.15) is 4.31 Å². The number of carbonyl (C=O) groups excluding carboxylic acids is 1. The molecule has 2 amide bonds. The Morgan fingerprint density at radius 2 is 1.90 bits per heavy atom. The predicted molar refractivity (Wildman–Crippen MR) is 111 cm³/mol. The van der Waals surface area contributed by atoms with E-state index < -0.39 is 10.0 Å². The van der Waals surface area contributed by atoms with Crippen molar-refractivity contribution in [3.8, 4) is 0 Å². The first-order chi connectivity index (χ1) is 13.8. The third kappa shape index (κ3) is 4.37. The van der Waals surface area contributed by atoms with Gasteiger partial charge >= 0.3 is 6.03 Å². The van der Waals surface area contributed by atoms with Crippen molar-refractivity contribution in [3.63, 3.8) is 0 Å². The first-order valence-electron chi connectivity index (χ1n) is 10.2. The number of hydrogen-bond donors (Lipinski definition) is 1. The molecule has 0 atom stereocenters. The van der Waals surface area contributed by atoms with Crippen LogP contribution < -0.4 is 5.32 Å². The third-order valence-corrected chi connectivity index (χ3v) is 7.34. The van der Waals surface area contributed by atoms with E-state index in [1.807, 2.05) is 37.3 Å². The van der Waals surface area contributed by atoms with Crippen LogP contribution in [0.15, 0.2) is 23.1 Å². The number of likely N-dealkylation sites (tertiary alicyclic amines) is 1. The Hall–Kier alpha value is -2.20. The van der Waals surface area contributed by atoms with E-state index >= 15 is 0 Å². The van der Waals surface area contributed by atoms with Crippen LogP contribution in [0.2, 0.25) is 0 Å². The van der Waals surface area contributed by atoms with Crippen LogP contribution in [0.3, 0.4) is 0 Å². The summed E-state index contributed by atoms with van der Waals surface area (Å²) in [4.78, 5) is 14.2. The number of sulfonamides is 1. The minimum Gasteiger partial charge on any atom is -0.336 e. The molecular weight excluding hydrogens is 392 g/mol. The number of benzene rings is 1. The molecule has 0 aliphatic carbocycles. The highest BCUT2D eigenvalue weighted by Gasteiger charge is 2.27. The first kappa shape index (κ1) is 21.5. The van der Waals surface area contributed by atoms with Crippen LogP contribution in [-0.4, -0.2) is 70.9 Å². The molecule has 0 spiro atoms. The van der Waals surface area contributed by atoms with Crippen molar-refractivity contribution in [1.82, 2.24) is 29.5 Å². The van der Waals surface area contributed by atoms with Gasteiger partial charge in [0.2, 0.25) is 10.0 Å². The van der Waals surface area contributed by atoms with Crippen molar-refractivity contribution in [2.45, 2.75) is 57.5 Å². The maximum absolute atomic E-state index is 12.8. The number of nitrogens with zero attached hydrogens (tertiary/aromatic N) is 5. The van der Waals surface area contributed by atoms with E-state index in [0.29, 0.717) is 31.7 Å². The second kappa shape index (κ2) is 8.66. The topological polar surface area (TPSA) is 100 Å². The molecule has 2 aromatic rings. The summed E-state index contributed by atoms with van der Waals surface area (Å²) in [7, 11) is -3.53. The van der Waals surface area contributed by atoms with Crippen molar-refractivity contribution in [2.75, 3.05) is 26.2 Å². The molecule has 9 nitrogen and oxygen atoms in total. The molecule has 1 saturated heterocycles. The number of urea groups is 1. The van der Waals surface area contributed by atoms with Gasteiger partial charge in [-0.25, -0.2) is 17.9 Å². The van der Waals surface area contributed by atoms with Crippen LogP contribution in [-0.2, 0) is 10.0 Å². The van der Waals surface area contributed by atoms with Gasteiger partial charge in [-0.05, 0) is 44.9 Å². The van der Waals surface area contributed by atoms with E-state index in [0.717, 1.165) is 18.4 Å². The van der Waals surface area contributed by atoms with Crippen molar-refractivity contribution < 1.29 is 13.2 Å². The molecule has 1 fully saturated rings. The van der Waals surface area contributed by atoms with Crippen molar-refractivity contribution in [1.29, 1.82) is 0 Å². The summed E-state index contributed by atoms with van der Waals surface area (Å²) in [6.45, 7) is 9.69. The van der Waals surface area contributed by atoms with Gasteiger partial charge in [0.25, 0.3) is 0 Å². The SMILES string of the molecule is CCN(CC)S(=O)(=O)c1ccc2c(c1)nnn2C1CCN(C(=O)NC(C)C)CC1. The van der Waals surface area contributed by atoms with E-state index in [4.69, 9.17) is 0 Å². The van der Waals surface area contributed by atoms with E-state index in [2.05, 4.69) is 15.6 Å². The van der Waals surface area contributed by atoms with Gasteiger partial charge in [-0.3, -0.25) is 0 Å². The number of aromatic nitrogens is 3. The fraction of sp³-hybridized carbons (Fsp3) is 0.632. The highest BCUT2D eigenvalue weighted by atomic mass is 32.2. The van der Waals surface area contributed by atoms with Gasteiger partial charge in [0.05, 0.1) is 16.5 Å². The van der Waals surface area contributed by atoms with Crippen LogP contribution in [0.4, 0.5) is 4.79 Å². The summed E-state index contributed by atoms with van der Waals surface area (Å²) in [5.41, 5.74) is 1.38. The largest absolute Gasteiger partial charge is 0.336 e. The average Bonchev–Trinajstić information content (AvgIpc) is 3.11. The minimum atomic E-state index is -3.53. The second-order valence-electron chi connectivity index (χ2n) is 7.60. The van der Waals surface area contributed by atoms with Crippen LogP contribution in [0.1, 0.15) is 46.6 Å². The number of hydrogen-bond acceptors (Lipinski definition) is 5. The molecule has 1 aliphatic rings. The lowest BCUT2D eigenvalue weighted by molar-refractivity contribution is 0.167. The van der Waals surface area contributed by atoms with E-state index in [-0.39, 0.29) is 23.0 Å². The Morgan fingerprint density at radius 1 is 1.24 bits per heavy atom. The zero-order valence-corrected chi connectivity index (χ0v) is 18.3. The summed E-state index contributed by atoms with van der Waals surface area (Å²) in [6, 6.07) is 5.21. The zero-order chi connectivity index (χ0) is 21.2. The Bertz CT molecular complexity index is 959. The lowest BCUT2D eigenvalue weighted by Gasteiger charge is -2.32. The van der Waals surface area contributed by atoms with Crippen LogP contribution in [0.25, 0.3) is 11.0 Å². The fourth-order valence-corrected chi connectivity index (χ4v) is 5.19. The quantitative estimate of drug-likeness (QED) is 0.769. The molecule has 29 heavy (non-hydrogen) atoms. The summed E-state index contributed by atoms with van der Waals surface area (Å²) < 4.78 is 28.8. The standard InChI is InChI=1S/C19H30N6O3S/c1-5-24(6-2)29(27,28)16-7-8-18-17(13-16)21-22-25(18)15-9-11-23(12-10-15)19(26)20-14(3)4/h7-8,13-15H,5-6,9-12H2,1-4H3,(H,20,26). The minimum absolute atomic E-state index is 0.0341. The number of fused-ring (bicyclic) bond motifs is 1. The van der Waals surface area contributed by atoms with E-state index in [9.17, 15) is 13.2 Å². The maximum atomic E-state index is 12.8. The highest BCUT2D eigenvalue weighted by molar-refractivity contribution is 7.89. The fourth-order valence-electron chi connectivity index (χ4n) is 3.72. The molecule has 1 aromatic heterocycles. The van der Waals surface area contributed by atoms with Gasteiger partial charge < -0.3 is 10.2 Å². The number of nitrogens with one attached hydrogen (secondary N) is 1. The van der Waals surface area contributed by atoms with Crippen molar-refractivity contribution in [2.24, 2.45) is 0 Å². The average molecular weight is 423 g/mol. The van der Waals surface area contributed by atoms with Gasteiger partial charge in [0.15, 0.2) is 0 Å². The highest BCUT2D eigenvalue weighted by Crippen LogP contribution is 2.27. The van der Waals surface area contributed by atoms with Gasteiger partial charge in [0, 0.05) is 32.2 Å². The Labute approximate surface area is 172 Å². The van der Waals surface area contributed by atoms with Gasteiger partial charge in [-0.15, -0.1) is 5.10 Å². The Morgan fingerprint density at radius 3 is 2.48 bits per heavy atom. The number of piperidine rings is 1. The second-order valence-corrected chi connectivity index (χ2v) is 9.53. The summed E-state index contributed by atoms with van der Waals surface area (Å²) in [6.07, 6.45) is 1.56. The number of carbonyl (C=O) groups is 1. The molecule has 1 aromatic carbocycles. The normalized spacial score (nSPS) is 16.1. The number of amides is 2. The number of rotatable bonds is 6. The third-order valence-electron chi connectivity index (χ3n) is 5.30. The van der Waals surface area contributed by atoms with Gasteiger partial charge in [-0.1, -0.05) is 19.1 Å². The molecule has 0 unspecified atom stereocenters.